The Morgan fingerprint density at radius 3 is 2.45 bits per heavy atom. The summed E-state index contributed by atoms with van der Waals surface area (Å²) in [5.74, 6) is -2.13. The van der Waals surface area contributed by atoms with E-state index in [0.717, 1.165) is 13.0 Å². The molecule has 1 N–H and O–H groups in total. The molecular formula is C13H16F5NO. The number of hydrogen-bond donors (Lipinski definition) is 1. The second-order valence-corrected chi connectivity index (χ2v) is 4.27. The summed E-state index contributed by atoms with van der Waals surface area (Å²) >= 11 is 0. The maximum Gasteiger partial charge on any atom is 0.414 e. The maximum absolute atomic E-state index is 13.6. The molecule has 7 heteroatoms. The zero-order valence-corrected chi connectivity index (χ0v) is 11.1. The molecule has 2 atom stereocenters. The average molecular weight is 297 g/mol. The molecule has 0 bridgehead atoms. The van der Waals surface area contributed by atoms with Gasteiger partial charge in [-0.3, -0.25) is 0 Å². The Morgan fingerprint density at radius 1 is 1.25 bits per heavy atom. The molecule has 0 spiro atoms. The van der Waals surface area contributed by atoms with Crippen LogP contribution in [0.15, 0.2) is 18.2 Å². The van der Waals surface area contributed by atoms with Crippen molar-refractivity contribution in [3.63, 3.8) is 0 Å². The monoisotopic (exact) mass is 297 g/mol. The normalized spacial score (nSPS) is 15.2. The molecule has 0 saturated heterocycles. The van der Waals surface area contributed by atoms with Gasteiger partial charge in [0.05, 0.1) is 12.6 Å². The van der Waals surface area contributed by atoms with E-state index in [1.165, 1.54) is 12.1 Å². The van der Waals surface area contributed by atoms with E-state index < -0.39 is 36.6 Å². The minimum Gasteiger partial charge on any atom is -0.367 e. The van der Waals surface area contributed by atoms with Crippen LogP contribution in [0.4, 0.5) is 22.0 Å². The summed E-state index contributed by atoms with van der Waals surface area (Å²) in [7, 11) is 0. The van der Waals surface area contributed by atoms with Gasteiger partial charge in [-0.15, -0.1) is 0 Å². The Morgan fingerprint density at radius 2 is 1.90 bits per heavy atom. The molecule has 1 aromatic carbocycles. The Kier molecular flexibility index (Phi) is 5.88. The van der Waals surface area contributed by atoms with E-state index in [0.29, 0.717) is 6.54 Å². The third-order valence-corrected chi connectivity index (χ3v) is 2.78. The predicted molar refractivity (Wildman–Crippen MR) is 64.2 cm³/mol. The number of halogens is 5. The van der Waals surface area contributed by atoms with E-state index >= 15 is 0 Å². The summed E-state index contributed by atoms with van der Waals surface area (Å²) in [6, 6.07) is 2.71. The van der Waals surface area contributed by atoms with E-state index in [1.54, 1.807) is 6.92 Å². The van der Waals surface area contributed by atoms with Crippen LogP contribution in [0.5, 0.6) is 0 Å². The fourth-order valence-corrected chi connectivity index (χ4v) is 1.63. The van der Waals surface area contributed by atoms with Crippen LogP contribution in [0, 0.1) is 11.6 Å². The van der Waals surface area contributed by atoms with E-state index in [-0.39, 0.29) is 5.56 Å². The van der Waals surface area contributed by atoms with Crippen LogP contribution in [0.3, 0.4) is 0 Å². The molecule has 0 aromatic heterocycles. The largest absolute Gasteiger partial charge is 0.414 e. The fraction of sp³-hybridized carbons (Fsp3) is 0.538. The summed E-state index contributed by atoms with van der Waals surface area (Å²) in [6.45, 7) is 2.54. The topological polar surface area (TPSA) is 21.3 Å². The number of benzene rings is 1. The van der Waals surface area contributed by atoms with E-state index in [2.05, 4.69) is 5.32 Å². The summed E-state index contributed by atoms with van der Waals surface area (Å²) < 4.78 is 68.5. The zero-order valence-electron chi connectivity index (χ0n) is 11.1. The Bertz CT molecular complexity index is 435. The van der Waals surface area contributed by atoms with Crippen molar-refractivity contribution in [3.05, 3.63) is 35.4 Å². The van der Waals surface area contributed by atoms with Gasteiger partial charge in [0, 0.05) is 5.56 Å². The van der Waals surface area contributed by atoms with Crippen LogP contribution in [0.1, 0.15) is 25.5 Å². The zero-order chi connectivity index (χ0) is 15.3. The second-order valence-electron chi connectivity index (χ2n) is 4.27. The molecule has 2 nitrogen and oxygen atoms in total. The average Bonchev–Trinajstić information content (AvgIpc) is 2.36. The van der Waals surface area contributed by atoms with Crippen molar-refractivity contribution < 1.29 is 26.7 Å². The molecule has 20 heavy (non-hydrogen) atoms. The van der Waals surface area contributed by atoms with Gasteiger partial charge in [-0.05, 0) is 19.5 Å². The van der Waals surface area contributed by atoms with Gasteiger partial charge in [-0.2, -0.15) is 13.2 Å². The predicted octanol–water partition coefficient (Wildman–Crippen LogP) is 3.58. The van der Waals surface area contributed by atoms with Gasteiger partial charge in [-0.25, -0.2) is 8.78 Å². The van der Waals surface area contributed by atoms with Crippen molar-refractivity contribution in [2.75, 3.05) is 13.2 Å². The minimum absolute atomic E-state index is 0.0544. The Balaban J connectivity index is 2.82. The molecule has 0 aliphatic heterocycles. The third kappa shape index (κ3) is 4.42. The van der Waals surface area contributed by atoms with Crippen molar-refractivity contribution in [3.8, 4) is 0 Å². The first-order chi connectivity index (χ1) is 9.27. The molecule has 0 fully saturated rings. The second kappa shape index (κ2) is 6.99. The van der Waals surface area contributed by atoms with Crippen molar-refractivity contribution in [1.29, 1.82) is 0 Å². The lowest BCUT2D eigenvalue weighted by Crippen LogP contribution is -2.33. The lowest BCUT2D eigenvalue weighted by molar-refractivity contribution is -0.215. The SMILES string of the molecule is CCNC(COC(C)C(F)(F)F)c1cccc(F)c1F. The number of hydrogen-bond acceptors (Lipinski definition) is 2. The summed E-state index contributed by atoms with van der Waals surface area (Å²) in [5, 5.41) is 2.77. The maximum atomic E-state index is 13.6. The first kappa shape index (κ1) is 16.8. The molecule has 0 amide bonds. The summed E-state index contributed by atoms with van der Waals surface area (Å²) in [5.41, 5.74) is -0.0544. The van der Waals surface area contributed by atoms with E-state index in [1.807, 2.05) is 0 Å². The molecule has 0 aliphatic rings. The molecule has 0 aliphatic carbocycles. The Hall–Kier alpha value is -1.21. The molecule has 1 aromatic rings. The lowest BCUT2D eigenvalue weighted by Gasteiger charge is -2.23. The lowest BCUT2D eigenvalue weighted by atomic mass is 10.1. The molecule has 0 saturated carbocycles. The highest BCUT2D eigenvalue weighted by atomic mass is 19.4. The van der Waals surface area contributed by atoms with Crippen LogP contribution < -0.4 is 5.32 Å². The molecule has 1 rings (SSSR count). The van der Waals surface area contributed by atoms with Crippen molar-refractivity contribution in [2.24, 2.45) is 0 Å². The minimum atomic E-state index is -4.49. The van der Waals surface area contributed by atoms with E-state index in [4.69, 9.17) is 4.74 Å². The van der Waals surface area contributed by atoms with Gasteiger partial charge < -0.3 is 10.1 Å². The van der Waals surface area contributed by atoms with Gasteiger partial charge >= 0.3 is 6.18 Å². The number of likely N-dealkylation sites (N-methyl/N-ethyl adjacent to an activating group) is 1. The fourth-order valence-electron chi connectivity index (χ4n) is 1.63. The quantitative estimate of drug-likeness (QED) is 0.810. The first-order valence-corrected chi connectivity index (χ1v) is 6.13. The van der Waals surface area contributed by atoms with Crippen molar-refractivity contribution >= 4 is 0 Å². The first-order valence-electron chi connectivity index (χ1n) is 6.13. The summed E-state index contributed by atoms with van der Waals surface area (Å²) in [4.78, 5) is 0. The van der Waals surface area contributed by atoms with E-state index in [9.17, 15) is 22.0 Å². The number of rotatable bonds is 6. The third-order valence-electron chi connectivity index (χ3n) is 2.78. The number of ether oxygens (including phenoxy) is 1. The smallest absolute Gasteiger partial charge is 0.367 e. The number of alkyl halides is 3. The highest BCUT2D eigenvalue weighted by Crippen LogP contribution is 2.25. The van der Waals surface area contributed by atoms with Gasteiger partial charge in [0.1, 0.15) is 0 Å². The van der Waals surface area contributed by atoms with Crippen molar-refractivity contribution in [2.45, 2.75) is 32.2 Å². The highest BCUT2D eigenvalue weighted by molar-refractivity contribution is 5.22. The van der Waals surface area contributed by atoms with Gasteiger partial charge in [0.15, 0.2) is 17.7 Å². The van der Waals surface area contributed by atoms with Crippen LogP contribution in [0.2, 0.25) is 0 Å². The van der Waals surface area contributed by atoms with Crippen LogP contribution >= 0.6 is 0 Å². The summed E-state index contributed by atoms with van der Waals surface area (Å²) in [6.07, 6.45) is -6.46. The molecule has 0 radical (unpaired) electrons. The van der Waals surface area contributed by atoms with Crippen molar-refractivity contribution in [1.82, 2.24) is 5.32 Å². The Labute approximate surface area is 113 Å². The molecule has 0 heterocycles. The molecular weight excluding hydrogens is 281 g/mol. The van der Waals surface area contributed by atoms with Gasteiger partial charge in [-0.1, -0.05) is 19.1 Å². The van der Waals surface area contributed by atoms with Crippen LogP contribution in [-0.4, -0.2) is 25.4 Å². The number of nitrogens with one attached hydrogen (secondary N) is 1. The molecule has 114 valence electrons. The van der Waals surface area contributed by atoms with Crippen LogP contribution in [-0.2, 0) is 4.74 Å². The van der Waals surface area contributed by atoms with Gasteiger partial charge in [0.25, 0.3) is 0 Å². The highest BCUT2D eigenvalue weighted by Gasteiger charge is 2.37. The molecule has 2 unspecified atom stereocenters. The van der Waals surface area contributed by atoms with Gasteiger partial charge in [0.2, 0.25) is 0 Å². The standard InChI is InChI=1S/C13H16F5NO/c1-3-19-11(7-20-8(2)13(16,17)18)9-5-4-6-10(14)12(9)15/h4-6,8,11,19H,3,7H2,1-2H3. The van der Waals surface area contributed by atoms with Crippen LogP contribution in [0.25, 0.3) is 0 Å².